The van der Waals surface area contributed by atoms with Crippen LogP contribution >= 0.6 is 0 Å². The topological polar surface area (TPSA) is 159 Å². The van der Waals surface area contributed by atoms with Crippen LogP contribution in [0.25, 0.3) is 11.3 Å². The van der Waals surface area contributed by atoms with Crippen LogP contribution in [-0.2, 0) is 11.2 Å². The van der Waals surface area contributed by atoms with Crippen LogP contribution in [0.3, 0.4) is 0 Å². The molecule has 1 unspecified atom stereocenters. The predicted octanol–water partition coefficient (Wildman–Crippen LogP) is 2.76. The number of nitrogens with zero attached hydrogens (tertiary/aromatic N) is 3. The SMILES string of the molecule is COc1cccc(OC)c1-c1cc(C(=O)NC(CCc2ccccc2)C(=O)NC/C(N)=N/N)nn1C1CCCC1. The van der Waals surface area contributed by atoms with E-state index in [0.29, 0.717) is 24.3 Å². The number of nitrogens with one attached hydrogen (secondary N) is 2. The maximum atomic E-state index is 13.6. The minimum atomic E-state index is -0.834. The Hall–Kier alpha value is -4.54. The second-order valence-electron chi connectivity index (χ2n) is 9.72. The van der Waals surface area contributed by atoms with Crippen LogP contribution < -0.4 is 31.7 Å². The van der Waals surface area contributed by atoms with Gasteiger partial charge in [0.15, 0.2) is 5.69 Å². The Kier molecular flexibility index (Phi) is 9.61. The van der Waals surface area contributed by atoms with Crippen molar-refractivity contribution in [3.05, 3.63) is 65.9 Å². The van der Waals surface area contributed by atoms with Crippen molar-refractivity contribution in [2.24, 2.45) is 16.7 Å². The Morgan fingerprint density at radius 3 is 2.38 bits per heavy atom. The summed E-state index contributed by atoms with van der Waals surface area (Å²) in [6.45, 7) is -0.0267. The molecule has 1 aliphatic rings. The zero-order chi connectivity index (χ0) is 28.5. The second-order valence-corrected chi connectivity index (χ2v) is 9.72. The van der Waals surface area contributed by atoms with Crippen molar-refractivity contribution >= 4 is 17.6 Å². The van der Waals surface area contributed by atoms with Gasteiger partial charge >= 0.3 is 0 Å². The molecule has 1 atom stereocenters. The summed E-state index contributed by atoms with van der Waals surface area (Å²) in [7, 11) is 3.19. The summed E-state index contributed by atoms with van der Waals surface area (Å²) in [5, 5.41) is 13.7. The molecular formula is C29H37N7O4. The minimum absolute atomic E-state index is 0.0267. The van der Waals surface area contributed by atoms with Gasteiger partial charge in [-0.15, -0.1) is 0 Å². The van der Waals surface area contributed by atoms with Crippen LogP contribution in [0, 0.1) is 0 Å². The van der Waals surface area contributed by atoms with Crippen molar-refractivity contribution in [1.29, 1.82) is 0 Å². The highest BCUT2D eigenvalue weighted by Crippen LogP contribution is 2.41. The van der Waals surface area contributed by atoms with E-state index in [4.69, 9.17) is 26.1 Å². The number of hydrazone groups is 1. The molecule has 1 aromatic heterocycles. The van der Waals surface area contributed by atoms with Gasteiger partial charge in [0, 0.05) is 0 Å². The van der Waals surface area contributed by atoms with Crippen molar-refractivity contribution in [3.8, 4) is 22.8 Å². The lowest BCUT2D eigenvalue weighted by molar-refractivity contribution is -0.122. The number of hydrogen-bond acceptors (Lipinski definition) is 7. The number of aryl methyl sites for hydroxylation is 1. The Morgan fingerprint density at radius 2 is 1.75 bits per heavy atom. The van der Waals surface area contributed by atoms with Crippen LogP contribution in [0.1, 0.15) is 54.2 Å². The maximum Gasteiger partial charge on any atom is 0.272 e. The van der Waals surface area contributed by atoms with E-state index in [1.54, 1.807) is 20.3 Å². The average molecular weight is 548 g/mol. The molecule has 2 aromatic carbocycles. The van der Waals surface area contributed by atoms with Crippen LogP contribution in [0.2, 0.25) is 0 Å². The number of carbonyl (C=O) groups is 2. The third kappa shape index (κ3) is 6.71. The number of benzene rings is 2. The molecule has 6 N–H and O–H groups in total. The molecule has 4 rings (SSSR count). The molecule has 212 valence electrons. The maximum absolute atomic E-state index is 13.6. The number of carbonyl (C=O) groups excluding carboxylic acids is 2. The normalized spacial score (nSPS) is 14.5. The quantitative estimate of drug-likeness (QED) is 0.117. The molecule has 40 heavy (non-hydrogen) atoms. The van der Waals surface area contributed by atoms with Crippen LogP contribution in [0.15, 0.2) is 59.7 Å². The lowest BCUT2D eigenvalue weighted by atomic mass is 10.0. The van der Waals surface area contributed by atoms with Gasteiger partial charge in [0.05, 0.1) is 38.1 Å². The van der Waals surface area contributed by atoms with Crippen molar-refractivity contribution in [2.75, 3.05) is 20.8 Å². The fraction of sp³-hybridized carbons (Fsp3) is 0.379. The average Bonchev–Trinajstić information content (AvgIpc) is 3.68. The largest absolute Gasteiger partial charge is 0.496 e. The van der Waals surface area contributed by atoms with E-state index >= 15 is 0 Å². The third-order valence-corrected chi connectivity index (χ3v) is 7.12. The second kappa shape index (κ2) is 13.5. The molecule has 3 aromatic rings. The smallest absolute Gasteiger partial charge is 0.272 e. The van der Waals surface area contributed by atoms with E-state index in [2.05, 4.69) is 15.7 Å². The van der Waals surface area contributed by atoms with Gasteiger partial charge < -0.3 is 31.7 Å². The van der Waals surface area contributed by atoms with Crippen molar-refractivity contribution in [3.63, 3.8) is 0 Å². The summed E-state index contributed by atoms with van der Waals surface area (Å²) in [6, 6.07) is 16.4. The summed E-state index contributed by atoms with van der Waals surface area (Å²) in [5.41, 5.74) is 8.35. The molecule has 0 bridgehead atoms. The van der Waals surface area contributed by atoms with E-state index in [0.717, 1.165) is 42.5 Å². The number of nitrogens with two attached hydrogens (primary N) is 2. The molecule has 0 radical (unpaired) electrons. The van der Waals surface area contributed by atoms with Crippen molar-refractivity contribution < 1.29 is 19.1 Å². The Bertz CT molecular complexity index is 1310. The van der Waals surface area contributed by atoms with Crippen LogP contribution in [-0.4, -0.2) is 54.2 Å². The van der Waals surface area contributed by atoms with Gasteiger partial charge in [-0.05, 0) is 49.4 Å². The Labute approximate surface area is 233 Å². The molecule has 11 heteroatoms. The number of methoxy groups -OCH3 is 2. The number of rotatable bonds is 12. The number of amidine groups is 1. The number of ether oxygens (including phenoxy) is 2. The first-order valence-electron chi connectivity index (χ1n) is 13.4. The monoisotopic (exact) mass is 547 g/mol. The zero-order valence-electron chi connectivity index (χ0n) is 22.9. The highest BCUT2D eigenvalue weighted by Gasteiger charge is 2.29. The van der Waals surface area contributed by atoms with Crippen molar-refractivity contribution in [1.82, 2.24) is 20.4 Å². The molecule has 1 fully saturated rings. The first kappa shape index (κ1) is 28.5. The van der Waals surface area contributed by atoms with Gasteiger partial charge in [-0.1, -0.05) is 49.2 Å². The lowest BCUT2D eigenvalue weighted by Crippen LogP contribution is -2.49. The van der Waals surface area contributed by atoms with Crippen molar-refractivity contribution in [2.45, 2.75) is 50.6 Å². The summed E-state index contributed by atoms with van der Waals surface area (Å²) >= 11 is 0. The number of amides is 2. The Balaban J connectivity index is 1.64. The number of hydrogen-bond donors (Lipinski definition) is 4. The predicted molar refractivity (Wildman–Crippen MR) is 153 cm³/mol. The zero-order valence-corrected chi connectivity index (χ0v) is 22.9. The first-order chi connectivity index (χ1) is 19.4. The summed E-state index contributed by atoms with van der Waals surface area (Å²) in [5.74, 6) is 5.65. The molecule has 0 aliphatic heterocycles. The highest BCUT2D eigenvalue weighted by atomic mass is 16.5. The summed E-state index contributed by atoms with van der Waals surface area (Å²) in [6.07, 6.45) is 5.05. The van der Waals surface area contributed by atoms with Gasteiger partial charge in [0.1, 0.15) is 23.4 Å². The van der Waals surface area contributed by atoms with E-state index in [1.807, 2.05) is 53.2 Å². The summed E-state index contributed by atoms with van der Waals surface area (Å²) < 4.78 is 13.2. The highest BCUT2D eigenvalue weighted by molar-refractivity contribution is 5.98. The molecule has 0 saturated heterocycles. The first-order valence-corrected chi connectivity index (χ1v) is 13.4. The molecule has 1 heterocycles. The Morgan fingerprint density at radius 1 is 1.07 bits per heavy atom. The fourth-order valence-electron chi connectivity index (χ4n) is 5.03. The standard InChI is InChI=1S/C29H37N7O4/c1-39-24-13-8-14-25(40-2)27(24)23-17-22(35-36(23)20-11-6-7-12-20)29(38)33-21(28(37)32-18-26(30)34-31)16-15-19-9-4-3-5-10-19/h3-5,8-10,13-14,17,20-21H,6-7,11-12,15-16,18,31H2,1-2H3,(H2,30,34)(H,32,37)(H,33,38). The van der Waals surface area contributed by atoms with Gasteiger partial charge in [-0.2, -0.15) is 10.2 Å². The molecule has 1 aliphatic carbocycles. The van der Waals surface area contributed by atoms with Crippen LogP contribution in [0.4, 0.5) is 0 Å². The third-order valence-electron chi connectivity index (χ3n) is 7.12. The lowest BCUT2D eigenvalue weighted by Gasteiger charge is -2.18. The fourth-order valence-corrected chi connectivity index (χ4v) is 5.03. The van der Waals surface area contributed by atoms with E-state index in [1.165, 1.54) is 0 Å². The molecule has 1 saturated carbocycles. The molecule has 2 amide bonds. The minimum Gasteiger partial charge on any atom is -0.496 e. The van der Waals surface area contributed by atoms with E-state index in [-0.39, 0.29) is 24.1 Å². The number of aromatic nitrogens is 2. The van der Waals surface area contributed by atoms with Gasteiger partial charge in [-0.3, -0.25) is 14.3 Å². The van der Waals surface area contributed by atoms with E-state index in [9.17, 15) is 9.59 Å². The molecule has 0 spiro atoms. The van der Waals surface area contributed by atoms with Gasteiger partial charge in [0.2, 0.25) is 5.91 Å². The van der Waals surface area contributed by atoms with E-state index < -0.39 is 17.9 Å². The van der Waals surface area contributed by atoms with Gasteiger partial charge in [-0.25, -0.2) is 0 Å². The van der Waals surface area contributed by atoms with Gasteiger partial charge in [0.25, 0.3) is 5.91 Å². The van der Waals surface area contributed by atoms with Crippen LogP contribution in [0.5, 0.6) is 11.5 Å². The molecular weight excluding hydrogens is 510 g/mol. The summed E-state index contributed by atoms with van der Waals surface area (Å²) in [4.78, 5) is 26.7. The molecule has 11 nitrogen and oxygen atoms in total.